The van der Waals surface area contributed by atoms with Crippen molar-refractivity contribution >= 4 is 29.5 Å². The number of Topliss-reactive ketones (excluding diaryl/α,β-unsaturated/α-hetero) is 1. The van der Waals surface area contributed by atoms with E-state index in [1.807, 2.05) is 12.1 Å². The van der Waals surface area contributed by atoms with Crippen molar-refractivity contribution in [3.05, 3.63) is 65.7 Å². The van der Waals surface area contributed by atoms with Crippen LogP contribution in [0, 0.1) is 0 Å². The van der Waals surface area contributed by atoms with Gasteiger partial charge in [0.1, 0.15) is 5.75 Å². The van der Waals surface area contributed by atoms with Crippen molar-refractivity contribution in [3.63, 3.8) is 0 Å². The number of carbonyl (C=O) groups is 2. The van der Waals surface area contributed by atoms with Crippen LogP contribution in [0.1, 0.15) is 15.9 Å². The van der Waals surface area contributed by atoms with E-state index in [1.165, 1.54) is 6.08 Å². The number of hydrogen-bond donors (Lipinski definition) is 3. The number of rotatable bonds is 7. The Kier molecular flexibility index (Phi) is 5.84. The van der Waals surface area contributed by atoms with Crippen LogP contribution in [-0.4, -0.2) is 42.5 Å². The first-order valence-electron chi connectivity index (χ1n) is 8.43. The number of ketones is 1. The highest BCUT2D eigenvalue weighted by molar-refractivity contribution is 5.98. The molecule has 3 rings (SSSR count). The summed E-state index contributed by atoms with van der Waals surface area (Å²) in [5, 5.41) is 15.0. The second kappa shape index (κ2) is 8.66. The smallest absolute Gasteiger partial charge is 0.328 e. The van der Waals surface area contributed by atoms with Gasteiger partial charge in [-0.25, -0.2) is 4.79 Å². The maximum absolute atomic E-state index is 12.4. The first-order chi connectivity index (χ1) is 13.1. The molecule has 3 N–H and O–H groups in total. The van der Waals surface area contributed by atoms with E-state index < -0.39 is 5.97 Å². The number of hydrogen-bond acceptors (Lipinski definition) is 6. The third-order valence-electron chi connectivity index (χ3n) is 3.77. The monoisotopic (exact) mass is 365 g/mol. The van der Waals surface area contributed by atoms with Gasteiger partial charge in [0, 0.05) is 29.9 Å². The molecule has 0 aliphatic carbocycles. The van der Waals surface area contributed by atoms with E-state index in [-0.39, 0.29) is 12.4 Å². The van der Waals surface area contributed by atoms with Crippen molar-refractivity contribution in [3.8, 4) is 5.75 Å². The fraction of sp³-hybridized carbons (Fsp3) is 0.150. The third-order valence-corrected chi connectivity index (χ3v) is 3.77. The van der Waals surface area contributed by atoms with Crippen LogP contribution in [0.4, 0.5) is 5.69 Å². The number of guanidine groups is 1. The number of anilines is 1. The average molecular weight is 365 g/mol. The number of carboxylic acid groups (broad SMARTS) is 1. The normalized spacial score (nSPS) is 13.1. The molecule has 0 amide bonds. The number of carboxylic acids is 1. The molecule has 1 aliphatic rings. The molecule has 2 aromatic rings. The topological polar surface area (TPSA) is 100 Å². The van der Waals surface area contributed by atoms with Gasteiger partial charge in [-0.1, -0.05) is 24.3 Å². The molecular weight excluding hydrogens is 346 g/mol. The molecule has 27 heavy (non-hydrogen) atoms. The standard InChI is InChI=1S/C20H19N3O4/c24-18(15-4-1-3-14(11-15)7-8-19(25)26)13-27-17-6-2-5-16(12-17)23-20-21-9-10-22-20/h1-8,11-12H,9-10,13H2,(H,25,26)(H2,21,22,23)/b8-7+. The lowest BCUT2D eigenvalue weighted by Gasteiger charge is -2.10. The summed E-state index contributed by atoms with van der Waals surface area (Å²) in [5.41, 5.74) is 1.91. The molecule has 1 heterocycles. The minimum Gasteiger partial charge on any atom is -0.485 e. The molecular formula is C20H19N3O4. The minimum absolute atomic E-state index is 0.116. The Balaban J connectivity index is 1.60. The van der Waals surface area contributed by atoms with E-state index in [1.54, 1.807) is 36.4 Å². The van der Waals surface area contributed by atoms with Gasteiger partial charge in [0.25, 0.3) is 0 Å². The first kappa shape index (κ1) is 18.2. The molecule has 7 nitrogen and oxygen atoms in total. The van der Waals surface area contributed by atoms with Crippen molar-refractivity contribution in [1.29, 1.82) is 0 Å². The van der Waals surface area contributed by atoms with Crippen LogP contribution in [0.5, 0.6) is 5.75 Å². The summed E-state index contributed by atoms with van der Waals surface area (Å²) in [7, 11) is 0. The highest BCUT2D eigenvalue weighted by Crippen LogP contribution is 2.18. The van der Waals surface area contributed by atoms with Crippen molar-refractivity contribution < 1.29 is 19.4 Å². The van der Waals surface area contributed by atoms with E-state index in [2.05, 4.69) is 15.6 Å². The summed E-state index contributed by atoms with van der Waals surface area (Å²) in [4.78, 5) is 27.2. The highest BCUT2D eigenvalue weighted by atomic mass is 16.5. The zero-order chi connectivity index (χ0) is 19.1. The van der Waals surface area contributed by atoms with Crippen LogP contribution in [0.2, 0.25) is 0 Å². The van der Waals surface area contributed by atoms with Gasteiger partial charge in [-0.3, -0.25) is 9.79 Å². The summed E-state index contributed by atoms with van der Waals surface area (Å²) in [6.07, 6.45) is 2.47. The van der Waals surface area contributed by atoms with Crippen molar-refractivity contribution in [2.75, 3.05) is 25.0 Å². The quantitative estimate of drug-likeness (QED) is 0.515. The third kappa shape index (κ3) is 5.43. The summed E-state index contributed by atoms with van der Waals surface area (Å²) < 4.78 is 5.60. The molecule has 1 aliphatic heterocycles. The number of benzene rings is 2. The highest BCUT2D eigenvalue weighted by Gasteiger charge is 2.09. The second-order valence-electron chi connectivity index (χ2n) is 5.82. The number of carbonyl (C=O) groups excluding carboxylic acids is 1. The first-order valence-corrected chi connectivity index (χ1v) is 8.43. The summed E-state index contributed by atoms with van der Waals surface area (Å²) in [6.45, 7) is 1.44. The second-order valence-corrected chi connectivity index (χ2v) is 5.82. The molecule has 0 saturated heterocycles. The molecule has 0 radical (unpaired) electrons. The summed E-state index contributed by atoms with van der Waals surface area (Å²) in [5.74, 6) is 0.0476. The van der Waals surface area contributed by atoms with Gasteiger partial charge in [-0.05, 0) is 29.8 Å². The van der Waals surface area contributed by atoms with Crippen LogP contribution < -0.4 is 15.4 Å². The fourth-order valence-electron chi connectivity index (χ4n) is 2.50. The van der Waals surface area contributed by atoms with Gasteiger partial charge in [0.2, 0.25) is 0 Å². The Morgan fingerprint density at radius 1 is 1.22 bits per heavy atom. The lowest BCUT2D eigenvalue weighted by atomic mass is 10.1. The van der Waals surface area contributed by atoms with Gasteiger partial charge >= 0.3 is 5.97 Å². The van der Waals surface area contributed by atoms with Gasteiger partial charge in [-0.15, -0.1) is 0 Å². The Morgan fingerprint density at radius 2 is 2.07 bits per heavy atom. The van der Waals surface area contributed by atoms with Gasteiger partial charge < -0.3 is 20.5 Å². The van der Waals surface area contributed by atoms with Gasteiger partial charge in [0.15, 0.2) is 18.3 Å². The predicted molar refractivity (Wildman–Crippen MR) is 103 cm³/mol. The molecule has 138 valence electrons. The Labute approximate surface area is 156 Å². The lowest BCUT2D eigenvalue weighted by molar-refractivity contribution is -0.131. The molecule has 0 saturated carbocycles. The van der Waals surface area contributed by atoms with Crippen molar-refractivity contribution in [1.82, 2.24) is 5.32 Å². The number of aliphatic carboxylic acids is 1. The van der Waals surface area contributed by atoms with Crippen molar-refractivity contribution in [2.24, 2.45) is 4.99 Å². The van der Waals surface area contributed by atoms with E-state index in [0.29, 0.717) is 16.9 Å². The van der Waals surface area contributed by atoms with E-state index in [4.69, 9.17) is 9.84 Å². The number of nitrogens with zero attached hydrogens (tertiary/aromatic N) is 1. The maximum atomic E-state index is 12.4. The SMILES string of the molecule is O=C(O)/C=C/c1cccc(C(=O)COc2cccc(NC3=NCCN3)c2)c1. The zero-order valence-electron chi connectivity index (χ0n) is 14.5. The van der Waals surface area contributed by atoms with Crippen LogP contribution >= 0.6 is 0 Å². The Hall–Kier alpha value is -3.61. The van der Waals surface area contributed by atoms with Gasteiger partial charge in [0.05, 0.1) is 6.54 Å². The van der Waals surface area contributed by atoms with Crippen LogP contribution in [0.15, 0.2) is 59.6 Å². The fourth-order valence-corrected chi connectivity index (χ4v) is 2.50. The molecule has 0 unspecified atom stereocenters. The van der Waals surface area contributed by atoms with E-state index in [0.717, 1.165) is 30.8 Å². The van der Waals surface area contributed by atoms with Crippen LogP contribution in [0.3, 0.4) is 0 Å². The minimum atomic E-state index is -1.04. The van der Waals surface area contributed by atoms with Crippen LogP contribution in [-0.2, 0) is 4.79 Å². The summed E-state index contributed by atoms with van der Waals surface area (Å²) >= 11 is 0. The maximum Gasteiger partial charge on any atom is 0.328 e. The van der Waals surface area contributed by atoms with Gasteiger partial charge in [-0.2, -0.15) is 0 Å². The molecule has 0 aromatic heterocycles. The number of aliphatic imine (C=N–C) groups is 1. The molecule has 2 aromatic carbocycles. The Bertz CT molecular complexity index is 906. The zero-order valence-corrected chi connectivity index (χ0v) is 14.5. The predicted octanol–water partition coefficient (Wildman–Crippen LogP) is 2.42. The molecule has 0 bridgehead atoms. The molecule has 7 heteroatoms. The van der Waals surface area contributed by atoms with Crippen LogP contribution in [0.25, 0.3) is 6.08 Å². The number of ether oxygens (including phenoxy) is 1. The summed E-state index contributed by atoms with van der Waals surface area (Å²) in [6, 6.07) is 14.0. The molecule has 0 fully saturated rings. The van der Waals surface area contributed by atoms with E-state index >= 15 is 0 Å². The average Bonchev–Trinajstić information content (AvgIpc) is 3.18. The molecule has 0 atom stereocenters. The number of nitrogens with one attached hydrogen (secondary N) is 2. The molecule has 0 spiro atoms. The lowest BCUT2D eigenvalue weighted by Crippen LogP contribution is -2.26. The Morgan fingerprint density at radius 3 is 2.85 bits per heavy atom. The largest absolute Gasteiger partial charge is 0.485 e. The van der Waals surface area contributed by atoms with E-state index in [9.17, 15) is 9.59 Å². The van der Waals surface area contributed by atoms with Crippen molar-refractivity contribution in [2.45, 2.75) is 0 Å².